The van der Waals surface area contributed by atoms with Crippen LogP contribution in [0.4, 0.5) is 13.2 Å². The Hall–Kier alpha value is -2.11. The zero-order valence-corrected chi connectivity index (χ0v) is 14.6. The first-order valence-corrected chi connectivity index (χ1v) is 8.42. The second kappa shape index (κ2) is 6.32. The molecule has 0 bridgehead atoms. The van der Waals surface area contributed by atoms with Crippen molar-refractivity contribution in [3.8, 4) is 0 Å². The predicted octanol–water partition coefficient (Wildman–Crippen LogP) is 4.57. The maximum atomic E-state index is 13.0. The Morgan fingerprint density at radius 1 is 1.24 bits per heavy atom. The number of amides is 1. The summed E-state index contributed by atoms with van der Waals surface area (Å²) >= 11 is 0. The number of fused-ring (bicyclic) bond motifs is 1. The van der Waals surface area contributed by atoms with Gasteiger partial charge in [0.15, 0.2) is 0 Å². The minimum atomic E-state index is -4.26. The number of aromatic nitrogens is 1. The third-order valence-corrected chi connectivity index (χ3v) is 5.04. The van der Waals surface area contributed by atoms with Crippen LogP contribution >= 0.6 is 0 Å². The molecule has 0 aliphatic carbocycles. The van der Waals surface area contributed by atoms with Gasteiger partial charge in [-0.25, -0.2) is 0 Å². The zero-order chi connectivity index (χ0) is 18.4. The zero-order valence-electron chi connectivity index (χ0n) is 14.6. The number of carbonyl (C=O) groups is 1. The molecule has 1 fully saturated rings. The molecular weight excluding hydrogens is 329 g/mol. The lowest BCUT2D eigenvalue weighted by atomic mass is 9.95. The molecule has 1 aromatic carbocycles. The largest absolute Gasteiger partial charge is 0.393 e. The third-order valence-electron chi connectivity index (χ3n) is 5.04. The normalized spacial score (nSPS) is 18.6. The minimum Gasteiger partial charge on any atom is -0.338 e. The summed E-state index contributed by atoms with van der Waals surface area (Å²) in [6.07, 6.45) is -3.80. The number of halogens is 3. The van der Waals surface area contributed by atoms with Crippen LogP contribution in [-0.2, 0) is 0 Å². The van der Waals surface area contributed by atoms with Gasteiger partial charge in [-0.05, 0) is 50.8 Å². The SMILES string of the molecule is Cc1cc(C(=O)N2CCC[C@H](C(F)(F)F)C2)c2ccc(C)c(C)c2n1. The highest BCUT2D eigenvalue weighted by Crippen LogP contribution is 2.34. The van der Waals surface area contributed by atoms with Gasteiger partial charge in [0.1, 0.15) is 0 Å². The molecule has 0 N–H and O–H groups in total. The van der Waals surface area contributed by atoms with Crippen LogP contribution in [0, 0.1) is 26.7 Å². The average Bonchev–Trinajstić information content (AvgIpc) is 2.56. The number of rotatable bonds is 1. The number of piperidine rings is 1. The first-order valence-electron chi connectivity index (χ1n) is 8.42. The van der Waals surface area contributed by atoms with E-state index in [4.69, 9.17) is 0 Å². The van der Waals surface area contributed by atoms with Crippen LogP contribution < -0.4 is 0 Å². The average molecular weight is 350 g/mol. The lowest BCUT2D eigenvalue weighted by Gasteiger charge is -2.34. The quantitative estimate of drug-likeness (QED) is 0.754. The van der Waals surface area contributed by atoms with Crippen LogP contribution in [0.25, 0.3) is 10.9 Å². The monoisotopic (exact) mass is 350 g/mol. The summed E-state index contributed by atoms with van der Waals surface area (Å²) in [5, 5.41) is 0.702. The Bertz CT molecular complexity index is 830. The third kappa shape index (κ3) is 3.34. The van der Waals surface area contributed by atoms with Gasteiger partial charge in [-0.2, -0.15) is 13.2 Å². The Labute approximate surface area is 144 Å². The van der Waals surface area contributed by atoms with Crippen LogP contribution in [-0.4, -0.2) is 35.1 Å². The number of hydrogen-bond donors (Lipinski definition) is 0. The number of hydrogen-bond acceptors (Lipinski definition) is 2. The number of aryl methyl sites for hydroxylation is 3. The number of benzene rings is 1. The molecule has 1 saturated heterocycles. The van der Waals surface area contributed by atoms with Gasteiger partial charge in [0, 0.05) is 24.2 Å². The highest BCUT2D eigenvalue weighted by Gasteiger charge is 2.42. The maximum absolute atomic E-state index is 13.0. The molecule has 0 spiro atoms. The van der Waals surface area contributed by atoms with Crippen LogP contribution in [0.2, 0.25) is 0 Å². The van der Waals surface area contributed by atoms with E-state index in [-0.39, 0.29) is 18.9 Å². The van der Waals surface area contributed by atoms with E-state index in [9.17, 15) is 18.0 Å². The van der Waals surface area contributed by atoms with Gasteiger partial charge >= 0.3 is 6.18 Å². The smallest absolute Gasteiger partial charge is 0.338 e. The molecule has 1 atom stereocenters. The standard InChI is InChI=1S/C19H21F3N2O/c1-11-6-7-15-16(9-12(2)23-17(15)13(11)3)18(25)24-8-4-5-14(10-24)19(20,21)22/h6-7,9,14H,4-5,8,10H2,1-3H3/t14-/m0/s1. The van der Waals surface area contributed by atoms with Crippen LogP contribution in [0.15, 0.2) is 18.2 Å². The molecule has 0 saturated carbocycles. The highest BCUT2D eigenvalue weighted by molar-refractivity contribution is 6.07. The van der Waals surface area contributed by atoms with Gasteiger partial charge in [-0.1, -0.05) is 12.1 Å². The molecule has 25 heavy (non-hydrogen) atoms. The Morgan fingerprint density at radius 2 is 1.96 bits per heavy atom. The first-order chi connectivity index (χ1) is 11.7. The topological polar surface area (TPSA) is 33.2 Å². The molecule has 6 heteroatoms. The van der Waals surface area contributed by atoms with Gasteiger partial charge in [0.05, 0.1) is 17.0 Å². The second-order valence-electron chi connectivity index (χ2n) is 6.85. The molecule has 0 radical (unpaired) electrons. The van der Waals surface area contributed by atoms with Crippen molar-refractivity contribution in [2.24, 2.45) is 5.92 Å². The van der Waals surface area contributed by atoms with E-state index in [0.717, 1.165) is 16.6 Å². The number of pyridine rings is 1. The molecule has 3 rings (SSSR count). The Morgan fingerprint density at radius 3 is 2.64 bits per heavy atom. The van der Waals surface area contributed by atoms with E-state index < -0.39 is 12.1 Å². The fraction of sp³-hybridized carbons (Fsp3) is 0.474. The highest BCUT2D eigenvalue weighted by atomic mass is 19.4. The van der Waals surface area contributed by atoms with Gasteiger partial charge in [-0.15, -0.1) is 0 Å². The lowest BCUT2D eigenvalue weighted by molar-refractivity contribution is -0.184. The van der Waals surface area contributed by atoms with Gasteiger partial charge < -0.3 is 4.90 Å². The second-order valence-corrected chi connectivity index (χ2v) is 6.85. The molecule has 0 unspecified atom stereocenters. The minimum absolute atomic E-state index is 0.0850. The summed E-state index contributed by atoms with van der Waals surface area (Å²) < 4.78 is 39.1. The van der Waals surface area contributed by atoms with Crippen molar-refractivity contribution in [1.82, 2.24) is 9.88 Å². The molecule has 1 aromatic heterocycles. The summed E-state index contributed by atoms with van der Waals surface area (Å²) in [7, 11) is 0. The predicted molar refractivity (Wildman–Crippen MR) is 90.6 cm³/mol. The van der Waals surface area contributed by atoms with E-state index in [0.29, 0.717) is 29.6 Å². The fourth-order valence-electron chi connectivity index (χ4n) is 3.43. The summed E-state index contributed by atoms with van der Waals surface area (Å²) in [6.45, 7) is 5.81. The van der Waals surface area contributed by atoms with Gasteiger partial charge in [0.2, 0.25) is 0 Å². The molecule has 134 valence electrons. The fourth-order valence-corrected chi connectivity index (χ4v) is 3.43. The van der Waals surface area contributed by atoms with Crippen molar-refractivity contribution in [1.29, 1.82) is 0 Å². The summed E-state index contributed by atoms with van der Waals surface area (Å²) in [4.78, 5) is 18.8. The Kier molecular flexibility index (Phi) is 4.47. The number of nitrogens with zero attached hydrogens (tertiary/aromatic N) is 2. The lowest BCUT2D eigenvalue weighted by Crippen LogP contribution is -2.44. The van der Waals surface area contributed by atoms with E-state index in [1.165, 1.54) is 4.90 Å². The molecule has 2 aromatic rings. The van der Waals surface area contributed by atoms with Crippen LogP contribution in [0.5, 0.6) is 0 Å². The number of carbonyl (C=O) groups excluding carboxylic acids is 1. The van der Waals surface area contributed by atoms with Crippen molar-refractivity contribution in [2.45, 2.75) is 39.8 Å². The number of likely N-dealkylation sites (tertiary alicyclic amines) is 1. The molecule has 1 amide bonds. The summed E-state index contributed by atoms with van der Waals surface area (Å²) in [6, 6.07) is 5.43. The van der Waals surface area contributed by atoms with Gasteiger partial charge in [0.25, 0.3) is 5.91 Å². The summed E-state index contributed by atoms with van der Waals surface area (Å²) in [5.41, 5.74) is 3.93. The molecule has 2 heterocycles. The van der Waals surface area contributed by atoms with Crippen LogP contribution in [0.3, 0.4) is 0 Å². The first kappa shape index (κ1) is 17.7. The Balaban J connectivity index is 2.01. The van der Waals surface area contributed by atoms with Crippen molar-refractivity contribution >= 4 is 16.8 Å². The number of alkyl halides is 3. The van der Waals surface area contributed by atoms with Crippen molar-refractivity contribution in [3.63, 3.8) is 0 Å². The molecular formula is C19H21F3N2O. The molecule has 3 nitrogen and oxygen atoms in total. The van der Waals surface area contributed by atoms with E-state index >= 15 is 0 Å². The maximum Gasteiger partial charge on any atom is 0.393 e. The van der Waals surface area contributed by atoms with E-state index in [1.807, 2.05) is 26.0 Å². The van der Waals surface area contributed by atoms with E-state index in [1.54, 1.807) is 13.0 Å². The van der Waals surface area contributed by atoms with Crippen LogP contribution in [0.1, 0.15) is 40.0 Å². The van der Waals surface area contributed by atoms with Crippen molar-refractivity contribution < 1.29 is 18.0 Å². The van der Waals surface area contributed by atoms with E-state index in [2.05, 4.69) is 4.98 Å². The molecule has 1 aliphatic heterocycles. The molecule has 1 aliphatic rings. The van der Waals surface area contributed by atoms with Crippen molar-refractivity contribution in [2.75, 3.05) is 13.1 Å². The summed E-state index contributed by atoms with van der Waals surface area (Å²) in [5.74, 6) is -1.78. The van der Waals surface area contributed by atoms with Crippen molar-refractivity contribution in [3.05, 3.63) is 40.6 Å². The van der Waals surface area contributed by atoms with Gasteiger partial charge in [-0.3, -0.25) is 9.78 Å².